The van der Waals surface area contributed by atoms with Gasteiger partial charge in [0.25, 0.3) is 0 Å². The van der Waals surface area contributed by atoms with E-state index in [2.05, 4.69) is 32.8 Å². The first-order chi connectivity index (χ1) is 14.7. The molecule has 3 rings (SSSR count). The van der Waals surface area contributed by atoms with Gasteiger partial charge in [0, 0.05) is 54.8 Å². The molecule has 0 saturated heterocycles. The van der Waals surface area contributed by atoms with Crippen LogP contribution in [0.2, 0.25) is 0 Å². The van der Waals surface area contributed by atoms with E-state index in [1.807, 2.05) is 94.7 Å². The van der Waals surface area contributed by atoms with Crippen LogP contribution >= 0.6 is 12.6 Å². The van der Waals surface area contributed by atoms with Gasteiger partial charge < -0.3 is 11.1 Å². The van der Waals surface area contributed by atoms with Gasteiger partial charge >= 0.3 is 0 Å². The molecule has 0 fully saturated rings. The summed E-state index contributed by atoms with van der Waals surface area (Å²) in [6.07, 6.45) is 3.66. The largest absolute Gasteiger partial charge is 0.398 e. The molecule has 30 heavy (non-hydrogen) atoms. The van der Waals surface area contributed by atoms with Crippen LogP contribution in [0.1, 0.15) is 39.1 Å². The van der Waals surface area contributed by atoms with E-state index >= 15 is 0 Å². The second-order valence-electron chi connectivity index (χ2n) is 6.05. The number of rotatable bonds is 8. The minimum atomic E-state index is 0.686. The lowest BCUT2D eigenvalue weighted by Gasteiger charge is -2.22. The quantitative estimate of drug-likeness (QED) is 0.328. The molecule has 0 bridgehead atoms. The highest BCUT2D eigenvalue weighted by Crippen LogP contribution is 2.20. The third-order valence-corrected chi connectivity index (χ3v) is 4.40. The van der Waals surface area contributed by atoms with Crippen LogP contribution in [0.25, 0.3) is 0 Å². The molecule has 0 spiro atoms. The summed E-state index contributed by atoms with van der Waals surface area (Å²) in [6, 6.07) is 17.8. The molecule has 0 amide bonds. The Hall–Kier alpha value is -2.57. The Kier molecular flexibility index (Phi) is 13.0. The summed E-state index contributed by atoms with van der Waals surface area (Å²) in [4.78, 5) is 12.0. The van der Waals surface area contributed by atoms with Crippen LogP contribution in [0.15, 0.2) is 71.9 Å². The van der Waals surface area contributed by atoms with E-state index in [0.717, 1.165) is 48.1 Å². The number of nitrogens with zero attached hydrogens (tertiary/aromatic N) is 3. The molecule has 5 nitrogen and oxygen atoms in total. The van der Waals surface area contributed by atoms with E-state index in [1.54, 1.807) is 0 Å². The topological polar surface area (TPSA) is 67.1 Å². The number of nitrogen functional groups attached to an aromatic ring is 1. The molecule has 162 valence electrons. The molecule has 2 aromatic heterocycles. The van der Waals surface area contributed by atoms with Gasteiger partial charge in [-0.25, -0.2) is 0 Å². The van der Waals surface area contributed by atoms with Crippen LogP contribution in [0.5, 0.6) is 0 Å². The van der Waals surface area contributed by atoms with Crippen molar-refractivity contribution in [2.75, 3.05) is 24.1 Å². The van der Waals surface area contributed by atoms with Gasteiger partial charge in [0.15, 0.2) is 0 Å². The van der Waals surface area contributed by atoms with Gasteiger partial charge in [-0.1, -0.05) is 39.8 Å². The zero-order chi connectivity index (χ0) is 22.2. The fourth-order valence-electron chi connectivity index (χ4n) is 2.67. The maximum atomic E-state index is 5.81. The second-order valence-corrected chi connectivity index (χ2v) is 6.53. The van der Waals surface area contributed by atoms with Gasteiger partial charge in [-0.2, -0.15) is 0 Å². The van der Waals surface area contributed by atoms with Crippen LogP contribution in [0.4, 0.5) is 11.4 Å². The van der Waals surface area contributed by atoms with Crippen molar-refractivity contribution in [3.8, 4) is 0 Å². The number of thiol groups is 1. The molecule has 3 aromatic rings. The number of pyridine rings is 2. The number of anilines is 2. The van der Waals surface area contributed by atoms with Gasteiger partial charge in [-0.3, -0.25) is 14.9 Å². The zero-order valence-electron chi connectivity index (χ0n) is 18.5. The Bertz CT molecular complexity index is 771. The van der Waals surface area contributed by atoms with Crippen molar-refractivity contribution in [2.24, 2.45) is 0 Å². The van der Waals surface area contributed by atoms with Gasteiger partial charge in [-0.05, 0) is 42.5 Å². The molecule has 0 aliphatic rings. The van der Waals surface area contributed by atoms with Crippen LogP contribution in [-0.4, -0.2) is 28.0 Å². The smallest absolute Gasteiger partial charge is 0.0544 e. The van der Waals surface area contributed by atoms with Crippen molar-refractivity contribution in [1.29, 1.82) is 0 Å². The van der Waals surface area contributed by atoms with Crippen LogP contribution in [-0.2, 0) is 13.1 Å². The normalized spacial score (nSPS) is 9.80. The second kappa shape index (κ2) is 15.3. The molecule has 0 saturated carbocycles. The third kappa shape index (κ3) is 9.29. The maximum Gasteiger partial charge on any atom is 0.0544 e. The van der Waals surface area contributed by atoms with E-state index in [1.165, 1.54) is 0 Å². The van der Waals surface area contributed by atoms with Crippen molar-refractivity contribution < 1.29 is 0 Å². The summed E-state index contributed by atoms with van der Waals surface area (Å²) in [5.41, 5.74) is 9.61. The predicted molar refractivity (Wildman–Crippen MR) is 132 cm³/mol. The molecule has 6 heteroatoms. The van der Waals surface area contributed by atoms with Crippen LogP contribution in [0, 0.1) is 0 Å². The Morgan fingerprint density at radius 2 is 1.43 bits per heavy atom. The minimum absolute atomic E-state index is 0.686. The average molecular weight is 426 g/mol. The summed E-state index contributed by atoms with van der Waals surface area (Å²) in [7, 11) is 0. The molecule has 2 heterocycles. The van der Waals surface area contributed by atoms with Crippen molar-refractivity contribution in [1.82, 2.24) is 14.9 Å². The molecule has 3 N–H and O–H groups in total. The van der Waals surface area contributed by atoms with E-state index in [9.17, 15) is 0 Å². The molecule has 0 aliphatic carbocycles. The first-order valence-electron chi connectivity index (χ1n) is 10.6. The van der Waals surface area contributed by atoms with Crippen LogP contribution < -0.4 is 11.1 Å². The van der Waals surface area contributed by atoms with Crippen LogP contribution in [0.3, 0.4) is 0 Å². The highest BCUT2D eigenvalue weighted by molar-refractivity contribution is 7.80. The predicted octanol–water partition coefficient (Wildman–Crippen LogP) is 5.51. The monoisotopic (exact) mass is 425 g/mol. The first kappa shape index (κ1) is 25.5. The Morgan fingerprint density at radius 1 is 0.867 bits per heavy atom. The Morgan fingerprint density at radius 3 is 1.90 bits per heavy atom. The molecule has 0 unspecified atom stereocenters. The number of benzene rings is 1. The number of hydrogen-bond donors (Lipinski definition) is 3. The SMILES string of the molecule is CC.CC.Nc1ccc(NCCN(Cc2ccccn2)Cc2ccccn2)cc1S. The van der Waals surface area contributed by atoms with Crippen molar-refractivity contribution in [3.05, 3.63) is 78.4 Å². The molecular formula is C24H35N5S. The Labute approximate surface area is 187 Å². The molecule has 0 aliphatic heterocycles. The minimum Gasteiger partial charge on any atom is -0.398 e. The maximum absolute atomic E-state index is 5.81. The van der Waals surface area contributed by atoms with Gasteiger partial charge in [0.05, 0.1) is 11.4 Å². The standard InChI is InChI=1S/C20H23N5S.2C2H6/c21-19-8-7-16(13-20(19)26)24-11-12-25(14-17-5-1-3-9-22-17)15-18-6-2-4-10-23-18;2*1-2/h1-10,13,24,26H,11-12,14-15,21H2;2*1-2H3. The Balaban J connectivity index is 0.00000106. The molecular weight excluding hydrogens is 390 g/mol. The number of nitrogens with two attached hydrogens (primary N) is 1. The van der Waals surface area contributed by atoms with Gasteiger partial charge in [-0.15, -0.1) is 12.6 Å². The lowest BCUT2D eigenvalue weighted by atomic mass is 10.2. The third-order valence-electron chi connectivity index (χ3n) is 4.01. The molecule has 0 radical (unpaired) electrons. The molecule has 1 aromatic carbocycles. The number of aromatic nitrogens is 2. The van der Waals surface area contributed by atoms with Gasteiger partial charge in [0.2, 0.25) is 0 Å². The van der Waals surface area contributed by atoms with E-state index < -0.39 is 0 Å². The van der Waals surface area contributed by atoms with E-state index in [4.69, 9.17) is 5.73 Å². The zero-order valence-corrected chi connectivity index (χ0v) is 19.4. The van der Waals surface area contributed by atoms with Crippen molar-refractivity contribution in [2.45, 2.75) is 45.7 Å². The summed E-state index contributed by atoms with van der Waals surface area (Å²) in [6.45, 7) is 11.2. The molecule has 0 atom stereocenters. The lowest BCUT2D eigenvalue weighted by molar-refractivity contribution is 0.261. The number of nitrogens with one attached hydrogen (secondary N) is 1. The summed E-state index contributed by atoms with van der Waals surface area (Å²) in [5.74, 6) is 0. The highest BCUT2D eigenvalue weighted by Gasteiger charge is 2.09. The fourth-order valence-corrected chi connectivity index (χ4v) is 2.88. The lowest BCUT2D eigenvalue weighted by Crippen LogP contribution is -2.29. The van der Waals surface area contributed by atoms with E-state index in [-0.39, 0.29) is 0 Å². The summed E-state index contributed by atoms with van der Waals surface area (Å²) < 4.78 is 0. The van der Waals surface area contributed by atoms with Crippen molar-refractivity contribution >= 4 is 24.0 Å². The number of hydrogen-bond acceptors (Lipinski definition) is 6. The first-order valence-corrected chi connectivity index (χ1v) is 11.0. The fraction of sp³-hybridized carbons (Fsp3) is 0.333. The summed E-state index contributed by atoms with van der Waals surface area (Å²) >= 11 is 4.37. The van der Waals surface area contributed by atoms with Gasteiger partial charge in [0.1, 0.15) is 0 Å². The average Bonchev–Trinajstić information content (AvgIpc) is 2.80. The van der Waals surface area contributed by atoms with E-state index in [0.29, 0.717) is 5.69 Å². The highest BCUT2D eigenvalue weighted by atomic mass is 32.1. The summed E-state index contributed by atoms with van der Waals surface area (Å²) in [5, 5.41) is 3.43. The van der Waals surface area contributed by atoms with Crippen molar-refractivity contribution in [3.63, 3.8) is 0 Å².